The highest BCUT2D eigenvalue weighted by Crippen LogP contribution is 2.29. The van der Waals surface area contributed by atoms with E-state index in [2.05, 4.69) is 15.5 Å². The van der Waals surface area contributed by atoms with Gasteiger partial charge in [0.05, 0.1) is 12.6 Å². The fraction of sp³-hybridized carbons (Fsp3) is 0.190. The number of hydrogen-bond donors (Lipinski definition) is 1. The summed E-state index contributed by atoms with van der Waals surface area (Å²) in [4.78, 5) is 16.7. The first-order chi connectivity index (χ1) is 13.8. The molecule has 3 heterocycles. The number of amides is 1. The summed E-state index contributed by atoms with van der Waals surface area (Å²) in [7, 11) is 0. The molecule has 0 unspecified atom stereocenters. The van der Waals surface area contributed by atoms with E-state index in [1.807, 2.05) is 41.1 Å². The lowest BCUT2D eigenvalue weighted by molar-refractivity contribution is 0.0943. The quantitative estimate of drug-likeness (QED) is 0.475. The van der Waals surface area contributed by atoms with Gasteiger partial charge < -0.3 is 18.8 Å². The highest BCUT2D eigenvalue weighted by atomic mass is 16.5. The van der Waals surface area contributed by atoms with E-state index in [9.17, 15) is 4.79 Å². The topological polar surface area (TPSA) is 86.1 Å². The molecule has 1 amide bonds. The Morgan fingerprint density at radius 1 is 1.14 bits per heavy atom. The van der Waals surface area contributed by atoms with Gasteiger partial charge in [-0.15, -0.1) is 0 Å². The molecule has 1 N–H and O–H groups in total. The lowest BCUT2D eigenvalue weighted by atomic mass is 10.0. The molecule has 0 fully saturated rings. The van der Waals surface area contributed by atoms with E-state index in [1.165, 1.54) is 0 Å². The van der Waals surface area contributed by atoms with Gasteiger partial charge in [0.1, 0.15) is 0 Å². The summed E-state index contributed by atoms with van der Waals surface area (Å²) in [6.07, 6.45) is 8.28. The summed E-state index contributed by atoms with van der Waals surface area (Å²) in [5.41, 5.74) is 2.07. The number of carbonyl (C=O) groups is 1. The zero-order chi connectivity index (χ0) is 19.2. The molecule has 0 aliphatic heterocycles. The van der Waals surface area contributed by atoms with Crippen LogP contribution in [0.2, 0.25) is 0 Å². The van der Waals surface area contributed by atoms with Crippen LogP contribution in [0, 0.1) is 0 Å². The Morgan fingerprint density at radius 3 is 2.79 bits per heavy atom. The molecular weight excluding hydrogens is 356 g/mol. The van der Waals surface area contributed by atoms with Crippen LogP contribution in [0.15, 0.2) is 76.4 Å². The van der Waals surface area contributed by atoms with Crippen molar-refractivity contribution < 1.29 is 13.7 Å². The van der Waals surface area contributed by atoms with Crippen LogP contribution in [0.5, 0.6) is 0 Å². The van der Waals surface area contributed by atoms with Gasteiger partial charge in [-0.25, -0.2) is 4.98 Å². The molecule has 0 atom stereocenters. The number of aryl methyl sites for hydroxylation is 1. The molecule has 7 nitrogen and oxygen atoms in total. The molecular formula is C21H20N4O3. The number of nitrogens with zero attached hydrogens (tertiary/aromatic N) is 3. The van der Waals surface area contributed by atoms with Crippen molar-refractivity contribution in [1.29, 1.82) is 0 Å². The summed E-state index contributed by atoms with van der Waals surface area (Å²) >= 11 is 0. The van der Waals surface area contributed by atoms with E-state index in [0.29, 0.717) is 30.0 Å². The number of nitrogens with one attached hydrogen (secondary N) is 1. The summed E-state index contributed by atoms with van der Waals surface area (Å²) < 4.78 is 12.9. The molecule has 0 aliphatic rings. The van der Waals surface area contributed by atoms with E-state index in [0.717, 1.165) is 18.5 Å². The summed E-state index contributed by atoms with van der Waals surface area (Å²) in [5.74, 6) is 0.785. The minimum atomic E-state index is -0.252. The van der Waals surface area contributed by atoms with Crippen molar-refractivity contribution in [1.82, 2.24) is 20.0 Å². The van der Waals surface area contributed by atoms with Crippen molar-refractivity contribution >= 4 is 5.91 Å². The second kappa shape index (κ2) is 8.39. The Kier molecular flexibility index (Phi) is 5.33. The molecule has 0 spiro atoms. The van der Waals surface area contributed by atoms with Gasteiger partial charge >= 0.3 is 0 Å². The molecule has 7 heteroatoms. The molecule has 4 aromatic rings. The molecule has 0 bridgehead atoms. The van der Waals surface area contributed by atoms with Crippen molar-refractivity contribution in [2.45, 2.75) is 19.4 Å². The van der Waals surface area contributed by atoms with Crippen LogP contribution in [-0.4, -0.2) is 27.2 Å². The fourth-order valence-corrected chi connectivity index (χ4v) is 3.02. The van der Waals surface area contributed by atoms with Crippen LogP contribution in [-0.2, 0) is 13.0 Å². The second-order valence-electron chi connectivity index (χ2n) is 6.39. The lowest BCUT2D eigenvalue weighted by Gasteiger charge is -2.06. The number of aromatic nitrogens is 3. The van der Waals surface area contributed by atoms with Crippen LogP contribution in [0.4, 0.5) is 0 Å². The van der Waals surface area contributed by atoms with Crippen molar-refractivity contribution in [2.24, 2.45) is 0 Å². The van der Waals surface area contributed by atoms with Crippen molar-refractivity contribution in [3.8, 4) is 11.5 Å². The number of furan rings is 1. The third-order valence-electron chi connectivity index (χ3n) is 4.41. The number of imidazole rings is 1. The van der Waals surface area contributed by atoms with Crippen molar-refractivity contribution in [3.05, 3.63) is 84.3 Å². The summed E-state index contributed by atoms with van der Waals surface area (Å²) in [6, 6.07) is 13.5. The molecule has 1 aromatic carbocycles. The first-order valence-corrected chi connectivity index (χ1v) is 9.11. The molecule has 0 saturated carbocycles. The van der Waals surface area contributed by atoms with E-state index < -0.39 is 0 Å². The fourth-order valence-electron chi connectivity index (χ4n) is 3.02. The van der Waals surface area contributed by atoms with Crippen LogP contribution in [0.25, 0.3) is 11.5 Å². The van der Waals surface area contributed by atoms with Crippen molar-refractivity contribution in [2.75, 3.05) is 6.54 Å². The Labute approximate surface area is 162 Å². The largest absolute Gasteiger partial charge is 0.461 e. The zero-order valence-corrected chi connectivity index (χ0v) is 15.2. The van der Waals surface area contributed by atoms with Gasteiger partial charge in [0.25, 0.3) is 5.91 Å². The van der Waals surface area contributed by atoms with Gasteiger partial charge in [-0.1, -0.05) is 35.5 Å². The van der Waals surface area contributed by atoms with E-state index in [4.69, 9.17) is 8.94 Å². The Morgan fingerprint density at radius 2 is 2.04 bits per heavy atom. The van der Waals surface area contributed by atoms with E-state index in [-0.39, 0.29) is 11.6 Å². The van der Waals surface area contributed by atoms with Gasteiger partial charge in [-0.2, -0.15) is 0 Å². The summed E-state index contributed by atoms with van der Waals surface area (Å²) in [5, 5.41) is 6.95. The molecule has 0 saturated heterocycles. The third kappa shape index (κ3) is 4.03. The average molecular weight is 376 g/mol. The van der Waals surface area contributed by atoms with Crippen LogP contribution < -0.4 is 5.32 Å². The zero-order valence-electron chi connectivity index (χ0n) is 15.2. The van der Waals surface area contributed by atoms with Crippen LogP contribution >= 0.6 is 0 Å². The molecule has 28 heavy (non-hydrogen) atoms. The van der Waals surface area contributed by atoms with Crippen LogP contribution in [0.1, 0.15) is 28.0 Å². The monoisotopic (exact) mass is 376 g/mol. The van der Waals surface area contributed by atoms with Crippen molar-refractivity contribution in [3.63, 3.8) is 0 Å². The number of carbonyl (C=O) groups excluding carboxylic acids is 1. The minimum Gasteiger partial charge on any atom is -0.461 e. The van der Waals surface area contributed by atoms with Gasteiger partial charge in [0, 0.05) is 37.5 Å². The third-order valence-corrected chi connectivity index (χ3v) is 4.41. The Balaban J connectivity index is 1.49. The normalized spacial score (nSPS) is 10.9. The highest BCUT2D eigenvalue weighted by Gasteiger charge is 2.24. The van der Waals surface area contributed by atoms with Gasteiger partial charge in [-0.05, 0) is 24.1 Å². The molecule has 0 aliphatic carbocycles. The maximum atomic E-state index is 12.7. The number of hydrogen-bond acceptors (Lipinski definition) is 5. The number of rotatable bonds is 8. The minimum absolute atomic E-state index is 0.252. The lowest BCUT2D eigenvalue weighted by Crippen LogP contribution is -2.26. The maximum Gasteiger partial charge on any atom is 0.273 e. The van der Waals surface area contributed by atoms with Gasteiger partial charge in [0.2, 0.25) is 5.76 Å². The highest BCUT2D eigenvalue weighted by molar-refractivity contribution is 5.95. The summed E-state index contributed by atoms with van der Waals surface area (Å²) in [6.45, 7) is 1.32. The molecule has 4 rings (SSSR count). The average Bonchev–Trinajstić information content (AvgIpc) is 3.47. The molecule has 142 valence electrons. The van der Waals surface area contributed by atoms with Gasteiger partial charge in [0.15, 0.2) is 11.5 Å². The van der Waals surface area contributed by atoms with E-state index in [1.54, 1.807) is 30.9 Å². The molecule has 3 aromatic heterocycles. The SMILES string of the molecule is O=C(NCCCn1ccnc1)c1noc(-c2ccco2)c1Cc1ccccc1. The molecule has 0 radical (unpaired) electrons. The van der Waals surface area contributed by atoms with E-state index >= 15 is 0 Å². The first kappa shape index (κ1) is 17.8. The Bertz CT molecular complexity index is 1010. The predicted molar refractivity (Wildman–Crippen MR) is 103 cm³/mol. The maximum absolute atomic E-state index is 12.7. The smallest absolute Gasteiger partial charge is 0.273 e. The van der Waals surface area contributed by atoms with Gasteiger partial charge in [-0.3, -0.25) is 4.79 Å². The van der Waals surface area contributed by atoms with Crippen LogP contribution in [0.3, 0.4) is 0 Å². The number of benzene rings is 1. The predicted octanol–water partition coefficient (Wildman–Crippen LogP) is 3.54. The first-order valence-electron chi connectivity index (χ1n) is 9.11. The standard InChI is InChI=1S/C21H20N4O3/c26-21(23-9-5-11-25-12-10-22-15-25)19-17(14-16-6-2-1-3-7-16)20(28-24-19)18-8-4-13-27-18/h1-4,6-8,10,12-13,15H,5,9,11,14H2,(H,23,26). The Hall–Kier alpha value is -3.61. The second-order valence-corrected chi connectivity index (χ2v) is 6.39.